The number of thiophene rings is 1. The van der Waals surface area contributed by atoms with Crippen LogP contribution in [-0.2, 0) is 30.9 Å². The minimum Gasteiger partial charge on any atom is -0.465 e. The van der Waals surface area contributed by atoms with Crippen LogP contribution in [0, 0.1) is 12.8 Å². The fourth-order valence-electron chi connectivity index (χ4n) is 3.41. The van der Waals surface area contributed by atoms with Crippen LogP contribution in [0.2, 0.25) is 0 Å². The van der Waals surface area contributed by atoms with Crippen molar-refractivity contribution < 1.29 is 22.7 Å². The molecular formula is C19H21F3N4O4S. The Bertz CT molecular complexity index is 1280. The van der Waals surface area contributed by atoms with Gasteiger partial charge in [-0.1, -0.05) is 13.8 Å². The first kappa shape index (κ1) is 22.8. The summed E-state index contributed by atoms with van der Waals surface area (Å²) in [5, 5.41) is 5.64. The fraction of sp³-hybridized carbons (Fsp3) is 0.474. The maximum absolute atomic E-state index is 13.4. The van der Waals surface area contributed by atoms with Crippen LogP contribution in [0.15, 0.2) is 9.59 Å². The lowest BCUT2D eigenvalue weighted by Gasteiger charge is -2.11. The van der Waals surface area contributed by atoms with Crippen LogP contribution in [0.25, 0.3) is 10.2 Å². The van der Waals surface area contributed by atoms with Gasteiger partial charge in [-0.15, -0.1) is 11.3 Å². The minimum absolute atomic E-state index is 0.0377. The van der Waals surface area contributed by atoms with Crippen molar-refractivity contribution in [1.29, 1.82) is 0 Å². The van der Waals surface area contributed by atoms with E-state index in [1.165, 1.54) is 18.5 Å². The second-order valence-corrected chi connectivity index (χ2v) is 8.66. The lowest BCUT2D eigenvalue weighted by molar-refractivity contribution is -0.141. The highest BCUT2D eigenvalue weighted by Crippen LogP contribution is 2.36. The van der Waals surface area contributed by atoms with Crippen molar-refractivity contribution in [3.05, 3.63) is 48.2 Å². The number of rotatable bonds is 5. The van der Waals surface area contributed by atoms with Gasteiger partial charge in [-0.2, -0.15) is 18.3 Å². The van der Waals surface area contributed by atoms with E-state index in [0.29, 0.717) is 0 Å². The Hall–Kier alpha value is -2.89. The third-order valence-electron chi connectivity index (χ3n) is 4.86. The zero-order chi connectivity index (χ0) is 23.2. The number of aromatic nitrogens is 4. The number of methoxy groups -OCH3 is 1. The molecule has 31 heavy (non-hydrogen) atoms. The topological polar surface area (TPSA) is 99.0 Å². The molecule has 0 amide bonds. The SMILES string of the molecule is COC(=O)c1c(Cc2c(C(F)(F)F)n[nH]c2C)sc2c1c(=O)n(C)c(=O)n2CC(C)C. The predicted molar refractivity (Wildman–Crippen MR) is 109 cm³/mol. The smallest absolute Gasteiger partial charge is 0.435 e. The normalized spacial score (nSPS) is 12.2. The number of aromatic amines is 1. The molecule has 0 unspecified atom stereocenters. The van der Waals surface area contributed by atoms with E-state index < -0.39 is 29.1 Å². The molecule has 12 heteroatoms. The number of fused-ring (bicyclic) bond motifs is 1. The molecule has 0 aromatic carbocycles. The molecular weight excluding hydrogens is 437 g/mol. The van der Waals surface area contributed by atoms with Crippen molar-refractivity contribution >= 4 is 27.5 Å². The van der Waals surface area contributed by atoms with E-state index >= 15 is 0 Å². The maximum atomic E-state index is 13.4. The van der Waals surface area contributed by atoms with Crippen LogP contribution >= 0.6 is 11.3 Å². The molecule has 0 spiro atoms. The van der Waals surface area contributed by atoms with Crippen molar-refractivity contribution in [2.45, 2.75) is 39.9 Å². The number of hydrogen-bond donors (Lipinski definition) is 1. The van der Waals surface area contributed by atoms with Crippen LogP contribution in [0.1, 0.15) is 46.0 Å². The number of halogens is 3. The molecule has 0 fully saturated rings. The summed E-state index contributed by atoms with van der Waals surface area (Å²) in [6.07, 6.45) is -5.00. The standard InChI is InChI=1S/C19H21F3N4O4S/c1-8(2)7-26-16-13(15(27)25(4)18(26)29)12(17(28)30-5)11(31-16)6-10-9(3)23-24-14(10)19(20,21)22/h8H,6-7H2,1-5H3,(H,23,24). The van der Waals surface area contributed by atoms with Crippen LogP contribution in [0.3, 0.4) is 0 Å². The molecule has 0 aliphatic rings. The number of aryl methyl sites for hydroxylation is 1. The summed E-state index contributed by atoms with van der Waals surface area (Å²) in [6, 6.07) is 0. The first-order valence-electron chi connectivity index (χ1n) is 9.33. The molecule has 1 N–H and O–H groups in total. The van der Waals surface area contributed by atoms with E-state index in [9.17, 15) is 27.6 Å². The number of H-pyrrole nitrogens is 1. The number of alkyl halides is 3. The molecule has 3 heterocycles. The monoisotopic (exact) mass is 458 g/mol. The second-order valence-electron chi connectivity index (χ2n) is 7.57. The van der Waals surface area contributed by atoms with Crippen LogP contribution in [0.5, 0.6) is 0 Å². The summed E-state index contributed by atoms with van der Waals surface area (Å²) >= 11 is 0.939. The van der Waals surface area contributed by atoms with Gasteiger partial charge in [0.2, 0.25) is 0 Å². The minimum atomic E-state index is -4.70. The molecule has 168 valence electrons. The fourth-order valence-corrected chi connectivity index (χ4v) is 4.70. The van der Waals surface area contributed by atoms with Crippen molar-refractivity contribution in [1.82, 2.24) is 19.3 Å². The van der Waals surface area contributed by atoms with Crippen molar-refractivity contribution in [3.8, 4) is 0 Å². The lowest BCUT2D eigenvalue weighted by atomic mass is 10.0. The zero-order valence-electron chi connectivity index (χ0n) is 17.5. The number of carbonyl (C=O) groups excluding carboxylic acids is 1. The van der Waals surface area contributed by atoms with Gasteiger partial charge >= 0.3 is 17.8 Å². The summed E-state index contributed by atoms with van der Waals surface area (Å²) in [5.41, 5.74) is -2.44. The average molecular weight is 458 g/mol. The van der Waals surface area contributed by atoms with E-state index in [4.69, 9.17) is 4.74 Å². The van der Waals surface area contributed by atoms with E-state index in [2.05, 4.69) is 10.2 Å². The highest BCUT2D eigenvalue weighted by Gasteiger charge is 2.38. The van der Waals surface area contributed by atoms with Crippen LogP contribution in [0.4, 0.5) is 13.2 Å². The Kier molecular flexibility index (Phi) is 5.87. The third kappa shape index (κ3) is 3.91. The molecule has 3 rings (SSSR count). The van der Waals surface area contributed by atoms with Gasteiger partial charge in [0.15, 0.2) is 5.69 Å². The highest BCUT2D eigenvalue weighted by molar-refractivity contribution is 7.19. The molecule has 0 atom stereocenters. The predicted octanol–water partition coefficient (Wildman–Crippen LogP) is 2.85. The zero-order valence-corrected chi connectivity index (χ0v) is 18.3. The van der Waals surface area contributed by atoms with Gasteiger partial charge < -0.3 is 4.74 Å². The summed E-state index contributed by atoms with van der Waals surface area (Å²) in [6.45, 7) is 5.46. The Balaban J connectivity index is 2.37. The molecule has 0 aliphatic carbocycles. The number of hydrogen-bond acceptors (Lipinski definition) is 6. The first-order chi connectivity index (χ1) is 14.4. The Morgan fingerprint density at radius 3 is 2.48 bits per heavy atom. The lowest BCUT2D eigenvalue weighted by Crippen LogP contribution is -2.38. The summed E-state index contributed by atoms with van der Waals surface area (Å²) < 4.78 is 47.3. The molecule has 0 saturated carbocycles. The number of carbonyl (C=O) groups is 1. The number of nitrogens with one attached hydrogen (secondary N) is 1. The van der Waals surface area contributed by atoms with E-state index in [1.807, 2.05) is 13.8 Å². The molecule has 0 saturated heterocycles. The van der Waals surface area contributed by atoms with E-state index in [1.54, 1.807) is 0 Å². The molecule has 0 bridgehead atoms. The molecule has 0 radical (unpaired) electrons. The summed E-state index contributed by atoms with van der Waals surface area (Å²) in [5.74, 6) is -0.818. The molecule has 8 nitrogen and oxygen atoms in total. The second kappa shape index (κ2) is 7.98. The number of esters is 1. The van der Waals surface area contributed by atoms with Crippen LogP contribution < -0.4 is 11.2 Å². The van der Waals surface area contributed by atoms with Crippen molar-refractivity contribution in [2.75, 3.05) is 7.11 Å². The molecule has 0 aliphatic heterocycles. The quantitative estimate of drug-likeness (QED) is 0.593. The maximum Gasteiger partial charge on any atom is 0.435 e. The molecule has 3 aromatic rings. The third-order valence-corrected chi connectivity index (χ3v) is 6.07. The Labute approximate surface area is 178 Å². The number of nitrogens with zero attached hydrogens (tertiary/aromatic N) is 3. The Morgan fingerprint density at radius 2 is 1.94 bits per heavy atom. The highest BCUT2D eigenvalue weighted by atomic mass is 32.1. The van der Waals surface area contributed by atoms with Crippen molar-refractivity contribution in [3.63, 3.8) is 0 Å². The summed E-state index contributed by atoms with van der Waals surface area (Å²) in [4.78, 5) is 38.6. The number of ether oxygens (including phenoxy) is 1. The van der Waals surface area contributed by atoms with Gasteiger partial charge in [0, 0.05) is 36.1 Å². The van der Waals surface area contributed by atoms with Crippen molar-refractivity contribution in [2.24, 2.45) is 13.0 Å². The van der Waals surface area contributed by atoms with Gasteiger partial charge in [0.05, 0.1) is 18.1 Å². The summed E-state index contributed by atoms with van der Waals surface area (Å²) in [7, 11) is 2.41. The molecule has 3 aromatic heterocycles. The first-order valence-corrected chi connectivity index (χ1v) is 10.1. The largest absolute Gasteiger partial charge is 0.465 e. The van der Waals surface area contributed by atoms with E-state index in [0.717, 1.165) is 23.0 Å². The van der Waals surface area contributed by atoms with Gasteiger partial charge in [0.1, 0.15) is 4.83 Å². The van der Waals surface area contributed by atoms with Gasteiger partial charge in [-0.05, 0) is 12.8 Å². The van der Waals surface area contributed by atoms with Crippen LogP contribution in [-0.4, -0.2) is 32.4 Å². The van der Waals surface area contributed by atoms with E-state index in [-0.39, 0.29) is 50.8 Å². The average Bonchev–Trinajstić information content (AvgIpc) is 3.24. The Morgan fingerprint density at radius 1 is 1.29 bits per heavy atom. The van der Waals surface area contributed by atoms with Gasteiger partial charge in [-0.3, -0.25) is 19.0 Å². The van der Waals surface area contributed by atoms with Gasteiger partial charge in [-0.25, -0.2) is 9.59 Å². The van der Waals surface area contributed by atoms with Gasteiger partial charge in [0.25, 0.3) is 5.56 Å².